The second kappa shape index (κ2) is 16.8. The zero-order valence-corrected chi connectivity index (χ0v) is 32.6. The molecule has 3 heterocycles. The number of nitrogens with zero attached hydrogens (tertiary/aromatic N) is 2. The SMILES string of the molecule is CC(C)c1ccnc(-c2[c-]cc3oc4ccccc4c3c2)c1.[Ir].[c-]1ccc(-c2ccccc2)cc1-c1cc(Cc2ccccc2)c(-c2ccccc2)cn1. The Labute approximate surface area is 330 Å². The average molecular weight is 875 g/mol. The first-order valence-corrected chi connectivity index (χ1v) is 18.0. The van der Waals surface area contributed by atoms with Crippen LogP contribution < -0.4 is 0 Å². The molecule has 54 heavy (non-hydrogen) atoms. The first-order chi connectivity index (χ1) is 26.1. The van der Waals surface area contributed by atoms with E-state index in [2.05, 4.69) is 152 Å². The Kier molecular flexibility index (Phi) is 11.3. The molecule has 0 aliphatic rings. The number of aromatic nitrogens is 2. The van der Waals surface area contributed by atoms with Gasteiger partial charge in [0, 0.05) is 43.4 Å². The molecule has 0 spiro atoms. The standard InChI is InChI=1S/C30H22N.C20H16NO.Ir/c1-4-11-23(12-5-1)19-28-21-30(31-22-29(28)25-15-8-3-9-16-25)27-18-10-17-26(20-27)24-13-6-2-7-14-24;1-13(2)14-9-10-21-18(12-14)15-7-8-20-17(11-15)16-5-3-4-6-19(16)22-20;/h1-17,20-22H,19H2;3-6,8-13H,1-2H3;/q2*-1;. The summed E-state index contributed by atoms with van der Waals surface area (Å²) in [4.78, 5) is 9.33. The number of hydrogen-bond donors (Lipinski definition) is 0. The summed E-state index contributed by atoms with van der Waals surface area (Å²) in [5.74, 6) is 0.486. The first kappa shape index (κ1) is 36.4. The third-order valence-corrected chi connectivity index (χ3v) is 9.53. The molecule has 0 N–H and O–H groups in total. The van der Waals surface area contributed by atoms with E-state index in [0.29, 0.717) is 5.92 Å². The maximum Gasteiger partial charge on any atom is 0.120 e. The van der Waals surface area contributed by atoms with Gasteiger partial charge >= 0.3 is 0 Å². The topological polar surface area (TPSA) is 38.9 Å². The number of hydrogen-bond acceptors (Lipinski definition) is 3. The molecular formula is C50H38IrN2O-2. The number of fused-ring (bicyclic) bond motifs is 3. The van der Waals surface area contributed by atoms with E-state index in [1.54, 1.807) is 0 Å². The van der Waals surface area contributed by atoms with E-state index in [1.807, 2.05) is 54.9 Å². The minimum Gasteiger partial charge on any atom is -0.500 e. The third kappa shape index (κ3) is 8.16. The molecule has 4 heteroatoms. The Bertz CT molecular complexity index is 2610. The summed E-state index contributed by atoms with van der Waals surface area (Å²) in [6, 6.07) is 63.0. The van der Waals surface area contributed by atoms with E-state index >= 15 is 0 Å². The molecule has 0 saturated carbocycles. The molecule has 1 radical (unpaired) electrons. The normalized spacial score (nSPS) is 10.9. The second-order valence-corrected chi connectivity index (χ2v) is 13.5. The number of para-hydroxylation sites is 1. The smallest absolute Gasteiger partial charge is 0.120 e. The van der Waals surface area contributed by atoms with Gasteiger partial charge in [-0.3, -0.25) is 0 Å². The Morgan fingerprint density at radius 3 is 2.00 bits per heavy atom. The largest absolute Gasteiger partial charge is 0.500 e. The van der Waals surface area contributed by atoms with Crippen LogP contribution in [-0.4, -0.2) is 9.97 Å². The molecule has 0 fully saturated rings. The van der Waals surface area contributed by atoms with Crippen molar-refractivity contribution in [3.05, 3.63) is 205 Å². The molecule has 0 atom stereocenters. The van der Waals surface area contributed by atoms with Crippen molar-refractivity contribution >= 4 is 21.9 Å². The Balaban J connectivity index is 0.000000173. The predicted molar refractivity (Wildman–Crippen MR) is 219 cm³/mol. The molecule has 265 valence electrons. The van der Waals surface area contributed by atoms with Gasteiger partial charge in [-0.1, -0.05) is 146 Å². The van der Waals surface area contributed by atoms with Crippen molar-refractivity contribution in [1.82, 2.24) is 9.97 Å². The molecule has 3 nitrogen and oxygen atoms in total. The zero-order chi connectivity index (χ0) is 36.0. The van der Waals surface area contributed by atoms with Crippen LogP contribution in [0.1, 0.15) is 36.5 Å². The van der Waals surface area contributed by atoms with Crippen LogP contribution in [0.3, 0.4) is 0 Å². The zero-order valence-electron chi connectivity index (χ0n) is 30.2. The molecule has 0 bridgehead atoms. The average Bonchev–Trinajstić information content (AvgIpc) is 3.60. The molecule has 9 aromatic rings. The number of rotatable bonds is 7. The molecule has 0 aliphatic carbocycles. The Morgan fingerprint density at radius 1 is 0.574 bits per heavy atom. The van der Waals surface area contributed by atoms with Crippen LogP contribution >= 0.6 is 0 Å². The van der Waals surface area contributed by atoms with Crippen molar-refractivity contribution in [3.8, 4) is 44.8 Å². The van der Waals surface area contributed by atoms with Crippen LogP contribution in [0, 0.1) is 12.1 Å². The summed E-state index contributed by atoms with van der Waals surface area (Å²) in [7, 11) is 0. The second-order valence-electron chi connectivity index (χ2n) is 13.5. The van der Waals surface area contributed by atoms with Gasteiger partial charge < -0.3 is 14.4 Å². The van der Waals surface area contributed by atoms with Gasteiger partial charge in [-0.05, 0) is 58.1 Å². The Hall–Kier alpha value is -5.93. The summed E-state index contributed by atoms with van der Waals surface area (Å²) in [6.07, 6.45) is 4.74. The van der Waals surface area contributed by atoms with Gasteiger partial charge in [-0.25, -0.2) is 0 Å². The van der Waals surface area contributed by atoms with Gasteiger partial charge in [-0.2, -0.15) is 0 Å². The van der Waals surface area contributed by atoms with Crippen molar-refractivity contribution in [2.75, 3.05) is 0 Å². The Morgan fingerprint density at radius 2 is 1.24 bits per heavy atom. The van der Waals surface area contributed by atoms with E-state index < -0.39 is 0 Å². The van der Waals surface area contributed by atoms with Crippen LogP contribution in [-0.2, 0) is 26.5 Å². The predicted octanol–water partition coefficient (Wildman–Crippen LogP) is 13.0. The quantitative estimate of drug-likeness (QED) is 0.150. The minimum absolute atomic E-state index is 0. The summed E-state index contributed by atoms with van der Waals surface area (Å²) >= 11 is 0. The molecule has 0 amide bonds. The number of benzene rings is 6. The van der Waals surface area contributed by atoms with Crippen molar-refractivity contribution in [1.29, 1.82) is 0 Å². The van der Waals surface area contributed by atoms with E-state index in [4.69, 9.17) is 9.40 Å². The molecular weight excluding hydrogens is 837 g/mol. The van der Waals surface area contributed by atoms with Crippen molar-refractivity contribution in [2.24, 2.45) is 0 Å². The van der Waals surface area contributed by atoms with Gasteiger partial charge in [-0.15, -0.1) is 59.2 Å². The van der Waals surface area contributed by atoms with Crippen LogP contribution in [0.25, 0.3) is 66.7 Å². The number of pyridine rings is 2. The van der Waals surface area contributed by atoms with Gasteiger partial charge in [0.15, 0.2) is 0 Å². The molecule has 3 aromatic heterocycles. The first-order valence-electron chi connectivity index (χ1n) is 18.0. The molecule has 0 unspecified atom stereocenters. The van der Waals surface area contributed by atoms with E-state index in [0.717, 1.165) is 50.9 Å². The van der Waals surface area contributed by atoms with Crippen LogP contribution in [0.5, 0.6) is 0 Å². The van der Waals surface area contributed by atoms with E-state index in [-0.39, 0.29) is 20.1 Å². The molecule has 0 aliphatic heterocycles. The van der Waals surface area contributed by atoms with Crippen LogP contribution in [0.15, 0.2) is 181 Å². The molecule has 6 aromatic carbocycles. The van der Waals surface area contributed by atoms with Gasteiger partial charge in [0.2, 0.25) is 0 Å². The van der Waals surface area contributed by atoms with Crippen molar-refractivity contribution in [2.45, 2.75) is 26.2 Å². The fourth-order valence-electron chi connectivity index (χ4n) is 6.68. The third-order valence-electron chi connectivity index (χ3n) is 9.53. The van der Waals surface area contributed by atoms with Crippen molar-refractivity contribution < 1.29 is 24.5 Å². The summed E-state index contributed by atoms with van der Waals surface area (Å²) < 4.78 is 5.85. The molecule has 9 rings (SSSR count). The number of furan rings is 1. The van der Waals surface area contributed by atoms with Crippen LogP contribution in [0.2, 0.25) is 0 Å². The summed E-state index contributed by atoms with van der Waals surface area (Å²) in [5, 5.41) is 2.24. The summed E-state index contributed by atoms with van der Waals surface area (Å²) in [5.41, 5.74) is 14.3. The maximum atomic E-state index is 5.85. The fraction of sp³-hybridized carbons (Fsp3) is 0.0800. The van der Waals surface area contributed by atoms with Gasteiger partial charge in [0.25, 0.3) is 0 Å². The van der Waals surface area contributed by atoms with Gasteiger partial charge in [0.1, 0.15) is 5.58 Å². The minimum atomic E-state index is 0. The van der Waals surface area contributed by atoms with E-state index in [9.17, 15) is 0 Å². The van der Waals surface area contributed by atoms with Gasteiger partial charge in [0.05, 0.1) is 5.58 Å². The van der Waals surface area contributed by atoms with E-state index in [1.165, 1.54) is 38.9 Å². The monoisotopic (exact) mass is 875 g/mol. The summed E-state index contributed by atoms with van der Waals surface area (Å²) in [6.45, 7) is 4.38. The van der Waals surface area contributed by atoms with Crippen molar-refractivity contribution in [3.63, 3.8) is 0 Å². The fourth-order valence-corrected chi connectivity index (χ4v) is 6.68. The maximum absolute atomic E-state index is 5.85. The van der Waals surface area contributed by atoms with Crippen LogP contribution in [0.4, 0.5) is 0 Å². The molecule has 0 saturated heterocycles.